The molecule has 1 aliphatic heterocycles. The Morgan fingerprint density at radius 3 is 2.59 bits per heavy atom. The summed E-state index contributed by atoms with van der Waals surface area (Å²) >= 11 is 1.85. The van der Waals surface area contributed by atoms with Gasteiger partial charge in [-0.25, -0.2) is 0 Å². The minimum Gasteiger partial charge on any atom is -0.388 e. The summed E-state index contributed by atoms with van der Waals surface area (Å²) in [6.45, 7) is 4.15. The van der Waals surface area contributed by atoms with Gasteiger partial charge in [0.25, 0.3) is 0 Å². The van der Waals surface area contributed by atoms with Crippen molar-refractivity contribution in [3.8, 4) is 0 Å². The zero-order valence-corrected chi connectivity index (χ0v) is 14.0. The van der Waals surface area contributed by atoms with Gasteiger partial charge in [0.15, 0.2) is 0 Å². The minimum atomic E-state index is 0.966. The highest BCUT2D eigenvalue weighted by atomic mass is 32.2. The molecule has 114 valence electrons. The van der Waals surface area contributed by atoms with Gasteiger partial charge in [-0.15, -0.1) is 0 Å². The van der Waals surface area contributed by atoms with Crippen molar-refractivity contribution in [1.29, 1.82) is 0 Å². The molecule has 0 spiro atoms. The summed E-state index contributed by atoms with van der Waals surface area (Å²) in [5.74, 6) is 0. The van der Waals surface area contributed by atoms with Crippen LogP contribution < -0.4 is 10.6 Å². The van der Waals surface area contributed by atoms with E-state index in [2.05, 4.69) is 66.1 Å². The molecular formula is C19H22N2S. The Labute approximate surface area is 137 Å². The van der Waals surface area contributed by atoms with Gasteiger partial charge < -0.3 is 10.6 Å². The molecule has 2 N–H and O–H groups in total. The topological polar surface area (TPSA) is 24.1 Å². The number of hydrogen-bond donors (Lipinski definition) is 2. The third-order valence-electron chi connectivity index (χ3n) is 3.93. The molecule has 2 nitrogen and oxygen atoms in total. The second-order valence-corrected chi connectivity index (χ2v) is 6.67. The van der Waals surface area contributed by atoms with E-state index in [1.165, 1.54) is 32.2 Å². The molecule has 2 aromatic carbocycles. The van der Waals surface area contributed by atoms with Crippen LogP contribution in [-0.4, -0.2) is 20.1 Å². The minimum absolute atomic E-state index is 0.966. The highest BCUT2D eigenvalue weighted by Gasteiger charge is 2.12. The Morgan fingerprint density at radius 2 is 1.91 bits per heavy atom. The summed E-state index contributed by atoms with van der Waals surface area (Å²) in [6, 6.07) is 15.4. The van der Waals surface area contributed by atoms with E-state index in [4.69, 9.17) is 0 Å². The maximum atomic E-state index is 3.39. The Balaban J connectivity index is 1.95. The van der Waals surface area contributed by atoms with Crippen LogP contribution in [0.2, 0.25) is 0 Å². The van der Waals surface area contributed by atoms with Gasteiger partial charge in [-0.1, -0.05) is 35.5 Å². The van der Waals surface area contributed by atoms with E-state index in [0.29, 0.717) is 0 Å². The first kappa shape index (κ1) is 15.2. The lowest BCUT2D eigenvalue weighted by atomic mass is 10.00. The highest BCUT2D eigenvalue weighted by Crippen LogP contribution is 2.36. The van der Waals surface area contributed by atoms with Gasteiger partial charge in [0.05, 0.1) is 0 Å². The average Bonchev–Trinajstić information content (AvgIpc) is 2.58. The average molecular weight is 310 g/mol. The molecule has 0 unspecified atom stereocenters. The van der Waals surface area contributed by atoms with Crippen molar-refractivity contribution in [1.82, 2.24) is 5.32 Å². The summed E-state index contributed by atoms with van der Waals surface area (Å²) < 4.78 is 0. The van der Waals surface area contributed by atoms with Crippen molar-refractivity contribution in [2.45, 2.75) is 23.1 Å². The summed E-state index contributed by atoms with van der Waals surface area (Å²) in [5, 5.41) is 6.64. The van der Waals surface area contributed by atoms with Crippen LogP contribution in [0.4, 0.5) is 5.69 Å². The third-order valence-corrected chi connectivity index (χ3v) is 5.01. The summed E-state index contributed by atoms with van der Waals surface area (Å²) in [5.41, 5.74) is 5.28. The molecule has 0 atom stereocenters. The van der Waals surface area contributed by atoms with Gasteiger partial charge in [-0.3, -0.25) is 0 Å². The Bertz CT molecular complexity index is 674. The van der Waals surface area contributed by atoms with Crippen molar-refractivity contribution in [2.75, 3.05) is 25.5 Å². The fourth-order valence-electron chi connectivity index (χ4n) is 2.63. The molecule has 0 amide bonds. The number of nitrogens with one attached hydrogen (secondary N) is 2. The van der Waals surface area contributed by atoms with E-state index in [1.807, 2.05) is 18.8 Å². The fraction of sp³-hybridized carbons (Fsp3) is 0.263. The van der Waals surface area contributed by atoms with Crippen LogP contribution >= 0.6 is 11.8 Å². The predicted octanol–water partition coefficient (Wildman–Crippen LogP) is 4.56. The second-order valence-electron chi connectivity index (χ2n) is 5.56. The zero-order valence-electron chi connectivity index (χ0n) is 13.1. The molecule has 1 heterocycles. The molecular weight excluding hydrogens is 288 g/mol. The number of benzene rings is 2. The normalized spacial score (nSPS) is 14.5. The quantitative estimate of drug-likeness (QED) is 0.865. The monoisotopic (exact) mass is 310 g/mol. The van der Waals surface area contributed by atoms with Gasteiger partial charge in [-0.2, -0.15) is 0 Å². The molecule has 0 saturated carbocycles. The third kappa shape index (κ3) is 3.54. The van der Waals surface area contributed by atoms with E-state index in [1.54, 1.807) is 0 Å². The first-order chi connectivity index (χ1) is 10.8. The lowest BCUT2D eigenvalue weighted by molar-refractivity contribution is 0.737. The Hall–Kier alpha value is -1.71. The van der Waals surface area contributed by atoms with Crippen LogP contribution in [0.3, 0.4) is 0 Å². The van der Waals surface area contributed by atoms with Crippen LogP contribution in [0.5, 0.6) is 0 Å². The smallest absolute Gasteiger partial charge is 0.0344 e. The Kier molecular flexibility index (Phi) is 4.86. The largest absolute Gasteiger partial charge is 0.388 e. The lowest BCUT2D eigenvalue weighted by Crippen LogP contribution is -2.20. The van der Waals surface area contributed by atoms with Crippen molar-refractivity contribution in [3.63, 3.8) is 0 Å². The molecule has 3 heteroatoms. The SMILES string of the molecule is CNc1ccc(Sc2ccc(C)cc2)c(C2=CCNCC2)c1. The molecule has 0 radical (unpaired) electrons. The maximum Gasteiger partial charge on any atom is 0.0344 e. The number of anilines is 1. The van der Waals surface area contributed by atoms with Gasteiger partial charge >= 0.3 is 0 Å². The Morgan fingerprint density at radius 1 is 1.09 bits per heavy atom. The molecule has 0 bridgehead atoms. The summed E-state index contributed by atoms with van der Waals surface area (Å²) in [6.07, 6.45) is 3.41. The van der Waals surface area contributed by atoms with Crippen molar-refractivity contribution < 1.29 is 0 Å². The van der Waals surface area contributed by atoms with Gasteiger partial charge in [0.2, 0.25) is 0 Å². The maximum absolute atomic E-state index is 3.39. The van der Waals surface area contributed by atoms with E-state index in [9.17, 15) is 0 Å². The van der Waals surface area contributed by atoms with Crippen LogP contribution in [0.25, 0.3) is 5.57 Å². The predicted molar refractivity (Wildman–Crippen MR) is 96.8 cm³/mol. The second kappa shape index (κ2) is 7.03. The van der Waals surface area contributed by atoms with Gasteiger partial charge in [0.1, 0.15) is 0 Å². The van der Waals surface area contributed by atoms with Crippen molar-refractivity contribution in [2.24, 2.45) is 0 Å². The summed E-state index contributed by atoms with van der Waals surface area (Å²) in [7, 11) is 1.97. The summed E-state index contributed by atoms with van der Waals surface area (Å²) in [4.78, 5) is 2.62. The van der Waals surface area contributed by atoms with Gasteiger partial charge in [-0.05, 0) is 61.4 Å². The van der Waals surface area contributed by atoms with Crippen molar-refractivity contribution >= 4 is 23.0 Å². The van der Waals surface area contributed by atoms with Crippen LogP contribution in [-0.2, 0) is 0 Å². The molecule has 0 aliphatic carbocycles. The zero-order chi connectivity index (χ0) is 15.4. The van der Waals surface area contributed by atoms with E-state index < -0.39 is 0 Å². The number of hydrogen-bond acceptors (Lipinski definition) is 3. The molecule has 3 rings (SSSR count). The van der Waals surface area contributed by atoms with Gasteiger partial charge in [0, 0.05) is 29.1 Å². The van der Waals surface area contributed by atoms with Crippen LogP contribution in [0.15, 0.2) is 58.3 Å². The number of rotatable bonds is 4. The van der Waals surface area contributed by atoms with Crippen LogP contribution in [0.1, 0.15) is 17.5 Å². The number of aryl methyl sites for hydroxylation is 1. The standard InChI is InChI=1S/C19H22N2S/c1-14-3-6-17(7-4-14)22-19-8-5-16(20-2)13-18(19)15-9-11-21-12-10-15/h3-9,13,20-21H,10-12H2,1-2H3. The molecule has 2 aromatic rings. The molecule has 0 saturated heterocycles. The first-order valence-corrected chi connectivity index (χ1v) is 8.54. The van der Waals surface area contributed by atoms with E-state index in [0.717, 1.165) is 19.5 Å². The molecule has 0 fully saturated rings. The van der Waals surface area contributed by atoms with E-state index >= 15 is 0 Å². The van der Waals surface area contributed by atoms with Crippen molar-refractivity contribution in [3.05, 3.63) is 59.7 Å². The van der Waals surface area contributed by atoms with E-state index in [-0.39, 0.29) is 0 Å². The molecule has 22 heavy (non-hydrogen) atoms. The fourth-order valence-corrected chi connectivity index (χ4v) is 3.59. The lowest BCUT2D eigenvalue weighted by Gasteiger charge is -2.18. The first-order valence-electron chi connectivity index (χ1n) is 7.73. The molecule has 1 aliphatic rings. The molecule has 0 aromatic heterocycles. The highest BCUT2D eigenvalue weighted by molar-refractivity contribution is 7.99. The van der Waals surface area contributed by atoms with Crippen LogP contribution in [0, 0.1) is 6.92 Å².